The molecule has 11 nitrogen and oxygen atoms in total. The first-order valence-electron chi connectivity index (χ1n) is 12.6. The van der Waals surface area contributed by atoms with Crippen LogP contribution in [0.3, 0.4) is 0 Å². The van der Waals surface area contributed by atoms with Gasteiger partial charge < -0.3 is 36.1 Å². The monoisotopic (exact) mass is 511 g/mol. The first kappa shape index (κ1) is 25.1. The van der Waals surface area contributed by atoms with Crippen molar-refractivity contribution < 1.29 is 29.0 Å². The second-order valence-electron chi connectivity index (χ2n) is 10.9. The van der Waals surface area contributed by atoms with Crippen molar-refractivity contribution in [2.45, 2.75) is 44.9 Å². The van der Waals surface area contributed by atoms with E-state index in [1.54, 1.807) is 18.1 Å². The molecular weight excluding hydrogens is 478 g/mol. The minimum Gasteiger partial charge on any atom is -0.496 e. The molecule has 2 saturated heterocycles. The lowest BCUT2D eigenvalue weighted by Crippen LogP contribution is -2.56. The fraction of sp³-hybridized carbons (Fsp3) is 0.538. The molecule has 6 N–H and O–H groups in total. The number of nitrogens with one attached hydrogen (secondary N) is 3. The zero-order chi connectivity index (χ0) is 26.6. The molecule has 5 rings (SSSR count). The first-order chi connectivity index (χ1) is 17.5. The van der Waals surface area contributed by atoms with Crippen LogP contribution < -0.4 is 21.1 Å². The molecule has 3 aliphatic rings. The van der Waals surface area contributed by atoms with Crippen LogP contribution in [0.15, 0.2) is 24.3 Å². The minimum atomic E-state index is -1.66. The third kappa shape index (κ3) is 4.20. The van der Waals surface area contributed by atoms with E-state index < -0.39 is 35.9 Å². The third-order valence-corrected chi connectivity index (χ3v) is 8.51. The first-order valence-corrected chi connectivity index (χ1v) is 12.6. The number of benzene rings is 1. The molecule has 198 valence electrons. The Balaban J connectivity index is 1.40. The predicted molar refractivity (Wildman–Crippen MR) is 133 cm³/mol. The second-order valence-corrected chi connectivity index (χ2v) is 10.9. The Morgan fingerprint density at radius 1 is 1.32 bits per heavy atom. The number of aliphatic hydroxyl groups excluding tert-OH is 1. The third-order valence-electron chi connectivity index (χ3n) is 8.51. The number of fused-ring (bicyclic) bond motifs is 2. The average molecular weight is 512 g/mol. The second kappa shape index (κ2) is 9.05. The number of aliphatic hydroxyl groups is 1. The van der Waals surface area contributed by atoms with E-state index >= 15 is 0 Å². The Morgan fingerprint density at radius 2 is 2.08 bits per heavy atom. The van der Waals surface area contributed by atoms with Crippen LogP contribution in [0.25, 0.3) is 10.9 Å². The van der Waals surface area contributed by atoms with Crippen LogP contribution in [0.4, 0.5) is 0 Å². The van der Waals surface area contributed by atoms with Gasteiger partial charge in [-0.1, -0.05) is 19.9 Å². The summed E-state index contributed by atoms with van der Waals surface area (Å²) in [6.07, 6.45) is -1.05. The van der Waals surface area contributed by atoms with E-state index in [1.165, 1.54) is 0 Å². The summed E-state index contributed by atoms with van der Waals surface area (Å²) >= 11 is 0. The van der Waals surface area contributed by atoms with Crippen molar-refractivity contribution in [3.05, 3.63) is 30.0 Å². The summed E-state index contributed by atoms with van der Waals surface area (Å²) in [5, 5.41) is 16.7. The molecule has 1 aromatic heterocycles. The summed E-state index contributed by atoms with van der Waals surface area (Å²) in [6.45, 7) is 5.04. The number of carbonyl (C=O) groups excluding carboxylic acids is 4. The van der Waals surface area contributed by atoms with Gasteiger partial charge in [-0.05, 0) is 48.3 Å². The largest absolute Gasteiger partial charge is 0.496 e. The molecule has 2 aliphatic heterocycles. The maximum atomic E-state index is 13.7. The van der Waals surface area contributed by atoms with Crippen LogP contribution in [-0.2, 0) is 14.4 Å². The van der Waals surface area contributed by atoms with Crippen LogP contribution in [0.1, 0.15) is 37.2 Å². The Labute approximate surface area is 214 Å². The molecule has 1 aromatic carbocycles. The van der Waals surface area contributed by atoms with Gasteiger partial charge in [-0.2, -0.15) is 0 Å². The summed E-state index contributed by atoms with van der Waals surface area (Å²) in [4.78, 5) is 56.0. The number of rotatable bonds is 8. The number of piperidine rings is 1. The van der Waals surface area contributed by atoms with Gasteiger partial charge >= 0.3 is 0 Å². The molecule has 0 spiro atoms. The fourth-order valence-corrected chi connectivity index (χ4v) is 6.28. The number of hydrogen-bond acceptors (Lipinski definition) is 6. The van der Waals surface area contributed by atoms with Crippen molar-refractivity contribution in [1.82, 2.24) is 20.5 Å². The average Bonchev–Trinajstić information content (AvgIpc) is 3.38. The number of aromatic amines is 1. The van der Waals surface area contributed by atoms with Gasteiger partial charge in [0.15, 0.2) is 6.10 Å². The van der Waals surface area contributed by atoms with E-state index in [2.05, 4.69) is 29.5 Å². The number of carbonyl (C=O) groups is 4. The van der Waals surface area contributed by atoms with E-state index in [9.17, 15) is 24.3 Å². The Hall–Kier alpha value is -3.60. The summed E-state index contributed by atoms with van der Waals surface area (Å²) in [6, 6.07) is 5.36. The molecule has 1 saturated carbocycles. The molecule has 0 radical (unpaired) electrons. The summed E-state index contributed by atoms with van der Waals surface area (Å²) < 4.78 is 5.41. The number of primary amides is 1. The van der Waals surface area contributed by atoms with Crippen LogP contribution in [0.5, 0.6) is 5.75 Å². The van der Waals surface area contributed by atoms with Gasteiger partial charge in [0.25, 0.3) is 5.91 Å². The molecule has 2 aromatic rings. The highest BCUT2D eigenvalue weighted by atomic mass is 16.5. The molecule has 3 heterocycles. The lowest BCUT2D eigenvalue weighted by molar-refractivity contribution is -0.133. The zero-order valence-electron chi connectivity index (χ0n) is 21.1. The Kier molecular flexibility index (Phi) is 6.13. The summed E-state index contributed by atoms with van der Waals surface area (Å²) in [7, 11) is 1.56. The summed E-state index contributed by atoms with van der Waals surface area (Å²) in [5.41, 5.74) is 6.30. The van der Waals surface area contributed by atoms with Gasteiger partial charge in [0.2, 0.25) is 17.7 Å². The predicted octanol–water partition coefficient (Wildman–Crippen LogP) is 0.130. The zero-order valence-corrected chi connectivity index (χ0v) is 21.1. The fourth-order valence-electron chi connectivity index (χ4n) is 6.28. The van der Waals surface area contributed by atoms with Crippen LogP contribution in [0.2, 0.25) is 0 Å². The number of nitrogens with two attached hydrogens (primary N) is 1. The van der Waals surface area contributed by atoms with Crippen LogP contribution in [-0.4, -0.2) is 77.0 Å². The smallest absolute Gasteiger partial charge is 0.271 e. The molecule has 6 atom stereocenters. The number of methoxy groups -OCH3 is 1. The van der Waals surface area contributed by atoms with Crippen molar-refractivity contribution in [2.24, 2.45) is 28.9 Å². The number of ether oxygens (including phenoxy) is 1. The quantitative estimate of drug-likeness (QED) is 0.338. The maximum absolute atomic E-state index is 13.7. The molecule has 4 amide bonds. The van der Waals surface area contributed by atoms with Crippen molar-refractivity contribution >= 4 is 34.5 Å². The van der Waals surface area contributed by atoms with Crippen molar-refractivity contribution in [3.63, 3.8) is 0 Å². The Bertz CT molecular complexity index is 1270. The van der Waals surface area contributed by atoms with Crippen molar-refractivity contribution in [3.8, 4) is 5.75 Å². The SMILES string of the molecule is COc1cccc2[nH]c(C(=O)N3C[C@H]4[C@@H]([C@H]3C(=O)N[C@@H](C[C@@H]3CCNC3=O)C(O)C(N)=O)C4(C)C)cc12. The van der Waals surface area contributed by atoms with Crippen LogP contribution in [0, 0.1) is 23.2 Å². The number of aromatic nitrogens is 1. The number of hydrogen-bond donors (Lipinski definition) is 5. The highest BCUT2D eigenvalue weighted by Crippen LogP contribution is 2.65. The minimum absolute atomic E-state index is 0.0711. The van der Waals surface area contributed by atoms with Crippen molar-refractivity contribution in [2.75, 3.05) is 20.2 Å². The molecule has 11 heteroatoms. The standard InChI is InChI=1S/C26H33N5O6/c1-26(2)14-11-31(25(36)17-10-13-15(29-17)5-4-6-18(13)37-3)20(19(14)26)24(35)30-16(21(32)22(27)33)9-12-7-8-28-23(12)34/h4-6,10,12,14,16,19-21,29,32H,7-9,11H2,1-3H3,(H2,27,33)(H,28,34)(H,30,35)/t12-,14-,16-,19-,20-,21?/m0/s1. The van der Waals surface area contributed by atoms with E-state index in [4.69, 9.17) is 10.5 Å². The van der Waals surface area contributed by atoms with E-state index in [0.717, 1.165) is 10.9 Å². The lowest BCUT2D eigenvalue weighted by atomic mass is 9.93. The number of amides is 4. The van der Waals surface area contributed by atoms with Gasteiger partial charge in [0.05, 0.1) is 13.2 Å². The van der Waals surface area contributed by atoms with E-state index in [1.807, 2.05) is 18.2 Å². The van der Waals surface area contributed by atoms with Crippen molar-refractivity contribution in [1.29, 1.82) is 0 Å². The topological polar surface area (TPSA) is 167 Å². The normalized spacial score (nSPS) is 27.4. The van der Waals surface area contributed by atoms with Gasteiger partial charge in [-0.15, -0.1) is 0 Å². The van der Waals surface area contributed by atoms with E-state index in [0.29, 0.717) is 31.0 Å². The molecular formula is C26H33N5O6. The maximum Gasteiger partial charge on any atom is 0.271 e. The number of likely N-dealkylation sites (tertiary alicyclic amines) is 1. The summed E-state index contributed by atoms with van der Waals surface area (Å²) in [5.74, 6) is -1.71. The van der Waals surface area contributed by atoms with E-state index in [-0.39, 0.29) is 35.5 Å². The lowest BCUT2D eigenvalue weighted by Gasteiger charge is -2.32. The highest BCUT2D eigenvalue weighted by Gasteiger charge is 2.69. The number of nitrogens with zero attached hydrogens (tertiary/aromatic N) is 1. The van der Waals surface area contributed by atoms with Gasteiger partial charge in [-0.25, -0.2) is 0 Å². The molecule has 0 bridgehead atoms. The van der Waals surface area contributed by atoms with Gasteiger partial charge in [0, 0.05) is 29.9 Å². The molecule has 1 unspecified atom stereocenters. The van der Waals surface area contributed by atoms with Gasteiger partial charge in [-0.3, -0.25) is 19.2 Å². The molecule has 1 aliphatic carbocycles. The highest BCUT2D eigenvalue weighted by molar-refractivity contribution is 6.02. The number of H-pyrrole nitrogens is 1. The molecule has 3 fully saturated rings. The molecule has 37 heavy (non-hydrogen) atoms. The van der Waals surface area contributed by atoms with Gasteiger partial charge in [0.1, 0.15) is 17.5 Å². The Morgan fingerprint density at radius 3 is 2.73 bits per heavy atom. The van der Waals surface area contributed by atoms with Crippen LogP contribution >= 0.6 is 0 Å².